The van der Waals surface area contributed by atoms with E-state index < -0.39 is 0 Å². The first-order valence-corrected chi connectivity index (χ1v) is 11.8. The number of rotatable bonds is 5. The number of piperazine rings is 1. The molecular weight excluding hydrogens is 442 g/mol. The molecule has 2 aromatic carbocycles. The van der Waals surface area contributed by atoms with Crippen molar-refractivity contribution in [3.8, 4) is 5.75 Å². The van der Waals surface area contributed by atoms with Crippen molar-refractivity contribution in [1.29, 1.82) is 0 Å². The quantitative estimate of drug-likeness (QED) is 0.489. The van der Waals surface area contributed by atoms with Crippen LogP contribution in [0.15, 0.2) is 54.7 Å². The van der Waals surface area contributed by atoms with E-state index in [2.05, 4.69) is 53.5 Å². The molecule has 8 nitrogen and oxygen atoms in total. The van der Waals surface area contributed by atoms with Crippen LogP contribution in [0.2, 0.25) is 0 Å². The fraction of sp³-hybridized carbons (Fsp3) is 0.333. The second kappa shape index (κ2) is 10.2. The minimum atomic E-state index is -0.191. The third kappa shape index (κ3) is 4.74. The first-order chi connectivity index (χ1) is 16.8. The van der Waals surface area contributed by atoms with Gasteiger partial charge in [-0.2, -0.15) is 0 Å². The van der Waals surface area contributed by atoms with Gasteiger partial charge in [0.05, 0.1) is 12.8 Å². The van der Waals surface area contributed by atoms with Crippen LogP contribution in [0.25, 0.3) is 0 Å². The largest absolute Gasteiger partial charge is 0.496 e. The number of ether oxygens (including phenoxy) is 1. The lowest BCUT2D eigenvalue weighted by Gasteiger charge is -2.43. The van der Waals surface area contributed by atoms with E-state index in [4.69, 9.17) is 4.74 Å². The normalized spacial score (nSPS) is 15.7. The summed E-state index contributed by atoms with van der Waals surface area (Å²) >= 11 is 0. The highest BCUT2D eigenvalue weighted by molar-refractivity contribution is 6.02. The number of hydrogen-bond acceptors (Lipinski definition) is 6. The topological polar surface area (TPSA) is 81.2 Å². The lowest BCUT2D eigenvalue weighted by atomic mass is 10.1. The van der Waals surface area contributed by atoms with Gasteiger partial charge in [-0.05, 0) is 80.8 Å². The Kier molecular flexibility index (Phi) is 7.12. The number of aryl methyl sites for hydroxylation is 1. The highest BCUT2D eigenvalue weighted by atomic mass is 16.5. The average molecular weight is 476 g/mol. The third-order valence-electron chi connectivity index (χ3n) is 6.71. The Hall–Kier alpha value is -3.78. The molecule has 2 heterocycles. The van der Waals surface area contributed by atoms with E-state index in [1.807, 2.05) is 30.9 Å². The lowest BCUT2D eigenvalue weighted by molar-refractivity contribution is 0.195. The number of methoxy groups -OCH3 is 1. The summed E-state index contributed by atoms with van der Waals surface area (Å²) in [7, 11) is 1.63. The summed E-state index contributed by atoms with van der Waals surface area (Å²) in [5.74, 6) is 1.09. The molecule has 35 heavy (non-hydrogen) atoms. The maximum absolute atomic E-state index is 14.1. The van der Waals surface area contributed by atoms with E-state index in [9.17, 15) is 10.0 Å². The number of aromatic nitrogens is 1. The van der Waals surface area contributed by atoms with Crippen molar-refractivity contribution in [3.63, 3.8) is 0 Å². The molecule has 0 saturated carbocycles. The van der Waals surface area contributed by atoms with E-state index in [-0.39, 0.29) is 12.1 Å². The number of carbonyl (C=O) groups excluding carboxylic acids is 1. The maximum Gasteiger partial charge on any atom is 0.330 e. The second-order valence-electron chi connectivity index (χ2n) is 8.97. The lowest BCUT2D eigenvalue weighted by Crippen LogP contribution is -2.56. The molecule has 1 aliphatic rings. The van der Waals surface area contributed by atoms with E-state index in [1.165, 1.54) is 11.3 Å². The number of nitrogens with zero attached hydrogens (tertiary/aromatic N) is 4. The van der Waals surface area contributed by atoms with Crippen LogP contribution in [-0.2, 0) is 0 Å². The smallest absolute Gasteiger partial charge is 0.330 e. The molecule has 8 heteroatoms. The third-order valence-corrected chi connectivity index (χ3v) is 6.71. The summed E-state index contributed by atoms with van der Waals surface area (Å²) in [5, 5.41) is 9.77. The number of hydrogen-bond donors (Lipinski definition) is 2. The molecule has 0 radical (unpaired) electrons. The van der Waals surface area contributed by atoms with Crippen LogP contribution >= 0.6 is 0 Å². The van der Waals surface area contributed by atoms with Crippen molar-refractivity contribution in [1.82, 2.24) is 9.88 Å². The monoisotopic (exact) mass is 475 g/mol. The van der Waals surface area contributed by atoms with Gasteiger partial charge in [-0.1, -0.05) is 12.1 Å². The molecule has 3 aromatic rings. The van der Waals surface area contributed by atoms with Gasteiger partial charge in [0.2, 0.25) is 0 Å². The molecule has 1 aliphatic heterocycles. The predicted molar refractivity (Wildman–Crippen MR) is 139 cm³/mol. The van der Waals surface area contributed by atoms with Gasteiger partial charge in [0, 0.05) is 37.6 Å². The van der Waals surface area contributed by atoms with Gasteiger partial charge < -0.3 is 14.5 Å². The zero-order valence-electron chi connectivity index (χ0n) is 20.9. The van der Waals surface area contributed by atoms with Gasteiger partial charge in [0.15, 0.2) is 5.82 Å². The molecule has 0 aliphatic carbocycles. The molecule has 1 saturated heterocycles. The Labute approximate surface area is 206 Å². The van der Waals surface area contributed by atoms with Crippen LogP contribution in [0, 0.1) is 20.8 Å². The first-order valence-electron chi connectivity index (χ1n) is 11.8. The fourth-order valence-corrected chi connectivity index (χ4v) is 4.68. The number of nitrogens with one attached hydrogen (secondary N) is 1. The minimum absolute atomic E-state index is 0.134. The molecular formula is C27H33N5O3. The summed E-state index contributed by atoms with van der Waals surface area (Å²) in [6.45, 7) is 10.00. The zero-order valence-corrected chi connectivity index (χ0v) is 20.9. The summed E-state index contributed by atoms with van der Waals surface area (Å²) in [5.41, 5.74) is 7.45. The molecule has 4 rings (SSSR count). The Balaban J connectivity index is 1.70. The van der Waals surface area contributed by atoms with E-state index in [1.54, 1.807) is 30.3 Å². The van der Waals surface area contributed by atoms with Crippen molar-refractivity contribution >= 4 is 28.9 Å². The molecule has 1 unspecified atom stereocenters. The average Bonchev–Trinajstić information content (AvgIpc) is 2.87. The SMILES string of the molecule is COc1ccc(N(C(=O)N2CCN(c3cccc(C)c3)C(C)C2)c2ncccc2NO)c(C)c1C. The van der Waals surface area contributed by atoms with Gasteiger partial charge in [0.1, 0.15) is 11.4 Å². The molecule has 0 bridgehead atoms. The van der Waals surface area contributed by atoms with Crippen molar-refractivity contribution in [2.75, 3.05) is 42.0 Å². The van der Waals surface area contributed by atoms with Crippen LogP contribution in [-0.4, -0.2) is 53.9 Å². The van der Waals surface area contributed by atoms with E-state index in [0.29, 0.717) is 30.3 Å². The molecule has 1 aromatic heterocycles. The Morgan fingerprint density at radius 3 is 2.60 bits per heavy atom. The van der Waals surface area contributed by atoms with Crippen molar-refractivity contribution in [2.45, 2.75) is 33.7 Å². The standard InChI is InChI=1S/C27H33N5O3/c1-18-8-6-9-22(16-18)31-15-14-30(17-19(31)2)27(33)32(26-23(29-34)10-7-13-28-26)24-11-12-25(35-5)21(4)20(24)3/h6-13,16,19,29,34H,14-15,17H2,1-5H3. The summed E-state index contributed by atoms with van der Waals surface area (Å²) in [4.78, 5) is 24.3. The Morgan fingerprint density at radius 2 is 1.91 bits per heavy atom. The van der Waals surface area contributed by atoms with E-state index >= 15 is 0 Å². The van der Waals surface area contributed by atoms with Crippen LogP contribution in [0.1, 0.15) is 23.6 Å². The number of urea groups is 1. The summed E-state index contributed by atoms with van der Waals surface area (Å²) in [6, 6.07) is 15.5. The van der Waals surface area contributed by atoms with Gasteiger partial charge in [-0.25, -0.2) is 14.7 Å². The van der Waals surface area contributed by atoms with Gasteiger partial charge >= 0.3 is 6.03 Å². The molecule has 184 valence electrons. The zero-order chi connectivity index (χ0) is 25.1. The fourth-order valence-electron chi connectivity index (χ4n) is 4.68. The highest BCUT2D eigenvalue weighted by Crippen LogP contribution is 2.37. The molecule has 2 N–H and O–H groups in total. The first kappa shape index (κ1) is 24.3. The number of carbonyl (C=O) groups is 1. The number of anilines is 4. The van der Waals surface area contributed by atoms with Crippen molar-refractivity contribution in [2.24, 2.45) is 0 Å². The van der Waals surface area contributed by atoms with Crippen molar-refractivity contribution in [3.05, 3.63) is 71.4 Å². The minimum Gasteiger partial charge on any atom is -0.496 e. The van der Waals surface area contributed by atoms with Gasteiger partial charge in [-0.3, -0.25) is 10.7 Å². The van der Waals surface area contributed by atoms with Crippen LogP contribution in [0.5, 0.6) is 5.75 Å². The Bertz CT molecular complexity index is 1220. The number of pyridine rings is 1. The van der Waals surface area contributed by atoms with Crippen molar-refractivity contribution < 1.29 is 14.7 Å². The number of benzene rings is 2. The van der Waals surface area contributed by atoms with Crippen LogP contribution < -0.4 is 20.0 Å². The Morgan fingerprint density at radius 1 is 1.11 bits per heavy atom. The molecule has 1 fully saturated rings. The predicted octanol–water partition coefficient (Wildman–Crippen LogP) is 5.29. The van der Waals surface area contributed by atoms with Crippen LogP contribution in [0.3, 0.4) is 0 Å². The molecule has 2 amide bonds. The van der Waals surface area contributed by atoms with Gasteiger partial charge in [0.25, 0.3) is 0 Å². The number of amides is 2. The maximum atomic E-state index is 14.1. The van der Waals surface area contributed by atoms with Crippen LogP contribution in [0.4, 0.5) is 27.7 Å². The highest BCUT2D eigenvalue weighted by Gasteiger charge is 2.33. The second-order valence-corrected chi connectivity index (χ2v) is 8.97. The van der Waals surface area contributed by atoms with Gasteiger partial charge in [-0.15, -0.1) is 0 Å². The molecule has 0 spiro atoms. The molecule has 1 atom stereocenters. The summed E-state index contributed by atoms with van der Waals surface area (Å²) < 4.78 is 5.48. The van der Waals surface area contributed by atoms with E-state index in [0.717, 1.165) is 23.4 Å². The summed E-state index contributed by atoms with van der Waals surface area (Å²) in [6.07, 6.45) is 1.61.